The summed E-state index contributed by atoms with van der Waals surface area (Å²) in [6, 6.07) is 6.48. The third kappa shape index (κ3) is 2.76. The van der Waals surface area contributed by atoms with E-state index in [1.54, 1.807) is 18.2 Å². The van der Waals surface area contributed by atoms with Gasteiger partial charge in [0, 0.05) is 0 Å². The van der Waals surface area contributed by atoms with Gasteiger partial charge in [-0.25, -0.2) is 4.79 Å². The summed E-state index contributed by atoms with van der Waals surface area (Å²) < 4.78 is 0.0358. The van der Waals surface area contributed by atoms with Crippen molar-refractivity contribution in [3.8, 4) is 0 Å². The highest BCUT2D eigenvalue weighted by atomic mass is 35.5. The van der Waals surface area contributed by atoms with Gasteiger partial charge < -0.3 is 5.11 Å². The number of rotatable bonds is 2. The first-order valence-corrected chi connectivity index (χ1v) is 4.22. The number of aromatic carboxylic acids is 1. The van der Waals surface area contributed by atoms with Gasteiger partial charge >= 0.3 is 5.97 Å². The van der Waals surface area contributed by atoms with Gasteiger partial charge in [0.2, 0.25) is 0 Å². The first kappa shape index (κ1) is 10.1. The van der Waals surface area contributed by atoms with Gasteiger partial charge in [-0.2, -0.15) is 0 Å². The monoisotopic (exact) mass is 216 g/mol. The average Bonchev–Trinajstić information content (AvgIpc) is 2.03. The Bertz CT molecular complexity index is 354. The maximum atomic E-state index is 10.7. The summed E-state index contributed by atoms with van der Waals surface area (Å²) in [5, 5.41) is 8.76. The normalized spacial score (nSPS) is 9.38. The van der Waals surface area contributed by atoms with Gasteiger partial charge in [-0.1, -0.05) is 41.4 Å². The van der Waals surface area contributed by atoms with E-state index in [0.717, 1.165) is 0 Å². The molecular formula is C9H6Cl2O2. The number of hydrogen-bond acceptors (Lipinski definition) is 1. The molecule has 0 amide bonds. The highest BCUT2D eigenvalue weighted by molar-refractivity contribution is 6.57. The van der Waals surface area contributed by atoms with Crippen molar-refractivity contribution in [2.24, 2.45) is 0 Å². The van der Waals surface area contributed by atoms with Crippen LogP contribution in [0.25, 0.3) is 6.08 Å². The Balaban J connectivity index is 3.20. The Labute approximate surface area is 85.4 Å². The van der Waals surface area contributed by atoms with Gasteiger partial charge in [-0.15, -0.1) is 0 Å². The molecule has 0 saturated carbocycles. The molecule has 0 unspecified atom stereocenters. The smallest absolute Gasteiger partial charge is 0.336 e. The van der Waals surface area contributed by atoms with Crippen molar-refractivity contribution in [2.75, 3.05) is 0 Å². The van der Waals surface area contributed by atoms with E-state index in [0.29, 0.717) is 5.56 Å². The highest BCUT2D eigenvalue weighted by Crippen LogP contribution is 2.17. The van der Waals surface area contributed by atoms with Crippen LogP contribution in [0, 0.1) is 0 Å². The fourth-order valence-electron chi connectivity index (χ4n) is 0.935. The molecule has 0 fully saturated rings. The Hall–Kier alpha value is -0.990. The number of halogens is 2. The Morgan fingerprint density at radius 1 is 1.31 bits per heavy atom. The number of hydrogen-bond donors (Lipinski definition) is 1. The van der Waals surface area contributed by atoms with E-state index in [9.17, 15) is 4.79 Å². The lowest BCUT2D eigenvalue weighted by Gasteiger charge is -1.99. The quantitative estimate of drug-likeness (QED) is 0.825. The van der Waals surface area contributed by atoms with E-state index in [4.69, 9.17) is 28.3 Å². The zero-order valence-electron chi connectivity index (χ0n) is 6.50. The second-order valence-corrected chi connectivity index (χ2v) is 3.33. The van der Waals surface area contributed by atoms with Crippen LogP contribution < -0.4 is 0 Å². The maximum absolute atomic E-state index is 10.7. The van der Waals surface area contributed by atoms with Crippen LogP contribution in [0.15, 0.2) is 28.8 Å². The first-order chi connectivity index (χ1) is 6.11. The molecule has 0 radical (unpaired) electrons. The third-order valence-electron chi connectivity index (χ3n) is 1.46. The molecule has 1 aromatic carbocycles. The number of benzene rings is 1. The fraction of sp³-hybridized carbons (Fsp3) is 0. The molecular weight excluding hydrogens is 211 g/mol. The van der Waals surface area contributed by atoms with Crippen LogP contribution in [0.4, 0.5) is 0 Å². The van der Waals surface area contributed by atoms with Crippen molar-refractivity contribution < 1.29 is 9.90 Å². The van der Waals surface area contributed by atoms with E-state index >= 15 is 0 Å². The second-order valence-electron chi connectivity index (χ2n) is 2.33. The third-order valence-corrected chi connectivity index (χ3v) is 1.67. The van der Waals surface area contributed by atoms with Crippen molar-refractivity contribution in [2.45, 2.75) is 0 Å². The molecule has 1 rings (SSSR count). The Kier molecular flexibility index (Phi) is 3.34. The molecule has 13 heavy (non-hydrogen) atoms. The van der Waals surface area contributed by atoms with Gasteiger partial charge in [0.05, 0.1) is 5.56 Å². The van der Waals surface area contributed by atoms with Gasteiger partial charge in [-0.3, -0.25) is 0 Å². The van der Waals surface area contributed by atoms with E-state index in [1.165, 1.54) is 12.1 Å². The minimum absolute atomic E-state index is 0.0358. The van der Waals surface area contributed by atoms with Crippen LogP contribution >= 0.6 is 23.2 Å². The van der Waals surface area contributed by atoms with Crippen molar-refractivity contribution in [3.05, 3.63) is 39.9 Å². The molecule has 68 valence electrons. The molecule has 0 atom stereocenters. The summed E-state index contributed by atoms with van der Waals surface area (Å²) in [5.74, 6) is -0.999. The minimum Gasteiger partial charge on any atom is -0.478 e. The second kappa shape index (κ2) is 4.30. The van der Waals surface area contributed by atoms with E-state index < -0.39 is 5.97 Å². The molecule has 0 aliphatic heterocycles. The van der Waals surface area contributed by atoms with Crippen LogP contribution in [-0.4, -0.2) is 11.1 Å². The van der Waals surface area contributed by atoms with Crippen molar-refractivity contribution in [1.82, 2.24) is 0 Å². The number of carboxylic acids is 1. The Morgan fingerprint density at radius 2 is 1.92 bits per heavy atom. The lowest BCUT2D eigenvalue weighted by Crippen LogP contribution is -1.98. The fourth-order valence-corrected chi connectivity index (χ4v) is 1.17. The van der Waals surface area contributed by atoms with Gasteiger partial charge in [0.15, 0.2) is 0 Å². The molecule has 0 aliphatic carbocycles. The van der Waals surface area contributed by atoms with Crippen molar-refractivity contribution in [1.29, 1.82) is 0 Å². The predicted octanol–water partition coefficient (Wildman–Crippen LogP) is 3.16. The zero-order chi connectivity index (χ0) is 9.84. The SMILES string of the molecule is O=C(O)c1ccccc1C=C(Cl)Cl. The lowest BCUT2D eigenvalue weighted by atomic mass is 10.1. The molecule has 0 bridgehead atoms. The van der Waals surface area contributed by atoms with Crippen LogP contribution in [0.5, 0.6) is 0 Å². The van der Waals surface area contributed by atoms with Crippen molar-refractivity contribution >= 4 is 35.2 Å². The number of carbonyl (C=O) groups is 1. The number of carboxylic acid groups (broad SMARTS) is 1. The molecule has 4 heteroatoms. The molecule has 0 aliphatic rings. The standard InChI is InChI=1S/C9H6Cl2O2/c10-8(11)5-6-3-1-2-4-7(6)9(12)13/h1-5H,(H,12,13). The molecule has 1 aromatic rings. The van der Waals surface area contributed by atoms with E-state index in [-0.39, 0.29) is 10.1 Å². The Morgan fingerprint density at radius 3 is 2.46 bits per heavy atom. The van der Waals surface area contributed by atoms with Crippen LogP contribution in [-0.2, 0) is 0 Å². The summed E-state index contributed by atoms with van der Waals surface area (Å²) in [7, 11) is 0. The summed E-state index contributed by atoms with van der Waals surface area (Å²) in [6.45, 7) is 0. The molecule has 0 spiro atoms. The molecule has 2 nitrogen and oxygen atoms in total. The summed E-state index contributed by atoms with van der Waals surface area (Å²) in [4.78, 5) is 10.7. The maximum Gasteiger partial charge on any atom is 0.336 e. The first-order valence-electron chi connectivity index (χ1n) is 3.46. The van der Waals surface area contributed by atoms with Gasteiger partial charge in [-0.05, 0) is 17.7 Å². The summed E-state index contributed by atoms with van der Waals surface area (Å²) in [6.07, 6.45) is 1.40. The van der Waals surface area contributed by atoms with Gasteiger partial charge in [0.1, 0.15) is 4.49 Å². The minimum atomic E-state index is -0.999. The predicted molar refractivity (Wildman–Crippen MR) is 53.1 cm³/mol. The van der Waals surface area contributed by atoms with Crippen molar-refractivity contribution in [3.63, 3.8) is 0 Å². The molecule has 0 saturated heterocycles. The highest BCUT2D eigenvalue weighted by Gasteiger charge is 2.06. The van der Waals surface area contributed by atoms with Crippen LogP contribution in [0.1, 0.15) is 15.9 Å². The zero-order valence-corrected chi connectivity index (χ0v) is 8.01. The largest absolute Gasteiger partial charge is 0.478 e. The molecule has 1 N–H and O–H groups in total. The van der Waals surface area contributed by atoms with Gasteiger partial charge in [0.25, 0.3) is 0 Å². The molecule has 0 aromatic heterocycles. The lowest BCUT2D eigenvalue weighted by molar-refractivity contribution is 0.0696. The topological polar surface area (TPSA) is 37.3 Å². The average molecular weight is 217 g/mol. The van der Waals surface area contributed by atoms with E-state index in [2.05, 4.69) is 0 Å². The van der Waals surface area contributed by atoms with Crippen LogP contribution in [0.3, 0.4) is 0 Å². The summed E-state index contributed by atoms with van der Waals surface area (Å²) >= 11 is 10.8. The van der Waals surface area contributed by atoms with Crippen LogP contribution in [0.2, 0.25) is 0 Å². The summed E-state index contributed by atoms with van der Waals surface area (Å²) in [5.41, 5.74) is 0.677. The molecule has 0 heterocycles. The van der Waals surface area contributed by atoms with E-state index in [1.807, 2.05) is 0 Å².